The number of rotatable bonds is 2. The molecule has 0 aliphatic heterocycles. The highest BCUT2D eigenvalue weighted by molar-refractivity contribution is 5.87. The van der Waals surface area contributed by atoms with E-state index in [1.54, 1.807) is 0 Å². The third-order valence-electron chi connectivity index (χ3n) is 1.99. The van der Waals surface area contributed by atoms with Gasteiger partial charge in [0.2, 0.25) is 11.7 Å². The number of anilines is 1. The van der Waals surface area contributed by atoms with Gasteiger partial charge in [-0.05, 0) is 12.1 Å². The van der Waals surface area contributed by atoms with Crippen LogP contribution in [0.1, 0.15) is 12.8 Å². The summed E-state index contributed by atoms with van der Waals surface area (Å²) in [7, 11) is 0. The zero-order valence-corrected chi connectivity index (χ0v) is 9.52. The standard InChI is InChI=1S/C10H7F3N4O2/c1-5(18)15-7-3-2-6(4-14-7)8-16-9(19-17-8)10(11,12)13/h2-4H,1H3,(H,14,15,18). The predicted octanol–water partition coefficient (Wildman–Crippen LogP) is 2.11. The summed E-state index contributed by atoms with van der Waals surface area (Å²) in [6.07, 6.45) is -3.45. The van der Waals surface area contributed by atoms with Gasteiger partial charge in [-0.3, -0.25) is 4.79 Å². The van der Waals surface area contributed by atoms with E-state index in [9.17, 15) is 18.0 Å². The quantitative estimate of drug-likeness (QED) is 0.905. The maximum atomic E-state index is 12.3. The predicted molar refractivity (Wildman–Crippen MR) is 56.8 cm³/mol. The van der Waals surface area contributed by atoms with Crippen molar-refractivity contribution in [1.82, 2.24) is 15.1 Å². The van der Waals surface area contributed by atoms with Crippen LogP contribution in [0.2, 0.25) is 0 Å². The molecule has 1 N–H and O–H groups in total. The molecule has 0 bridgehead atoms. The SMILES string of the molecule is CC(=O)Nc1ccc(-c2noc(C(F)(F)F)n2)cn1. The van der Waals surface area contributed by atoms with Crippen LogP contribution >= 0.6 is 0 Å². The van der Waals surface area contributed by atoms with Crippen molar-refractivity contribution in [2.24, 2.45) is 0 Å². The fourth-order valence-corrected chi connectivity index (χ4v) is 1.24. The van der Waals surface area contributed by atoms with Gasteiger partial charge in [0.15, 0.2) is 0 Å². The summed E-state index contributed by atoms with van der Waals surface area (Å²) in [5.41, 5.74) is 0.244. The third-order valence-corrected chi connectivity index (χ3v) is 1.99. The number of carbonyl (C=O) groups excluding carboxylic acids is 1. The number of amides is 1. The van der Waals surface area contributed by atoms with Gasteiger partial charge in [-0.1, -0.05) is 5.16 Å². The summed E-state index contributed by atoms with van der Waals surface area (Å²) in [6, 6.07) is 2.84. The number of hydrogen-bond donors (Lipinski definition) is 1. The van der Waals surface area contributed by atoms with E-state index >= 15 is 0 Å². The molecule has 6 nitrogen and oxygen atoms in total. The van der Waals surface area contributed by atoms with Gasteiger partial charge in [-0.15, -0.1) is 0 Å². The Balaban J connectivity index is 2.23. The molecule has 100 valence electrons. The highest BCUT2D eigenvalue weighted by atomic mass is 19.4. The summed E-state index contributed by atoms with van der Waals surface area (Å²) in [5.74, 6) is -1.68. The van der Waals surface area contributed by atoms with Gasteiger partial charge in [-0.2, -0.15) is 18.2 Å². The van der Waals surface area contributed by atoms with Crippen LogP contribution in [0.5, 0.6) is 0 Å². The van der Waals surface area contributed by atoms with E-state index in [1.807, 2.05) is 0 Å². The van der Waals surface area contributed by atoms with Gasteiger partial charge in [0.05, 0.1) is 0 Å². The highest BCUT2D eigenvalue weighted by Crippen LogP contribution is 2.29. The first kappa shape index (κ1) is 13.0. The number of hydrogen-bond acceptors (Lipinski definition) is 5. The molecule has 0 aromatic carbocycles. The van der Waals surface area contributed by atoms with Crippen LogP contribution in [0.15, 0.2) is 22.9 Å². The molecule has 0 spiro atoms. The third kappa shape index (κ3) is 3.06. The second kappa shape index (κ2) is 4.67. The maximum absolute atomic E-state index is 12.3. The molecule has 0 atom stereocenters. The molecular formula is C10H7F3N4O2. The molecule has 2 aromatic rings. The number of alkyl halides is 3. The molecule has 2 heterocycles. The minimum absolute atomic E-state index is 0.228. The van der Waals surface area contributed by atoms with E-state index in [4.69, 9.17) is 0 Å². The Kier molecular flexibility index (Phi) is 3.19. The molecule has 2 rings (SSSR count). The average Bonchev–Trinajstić information content (AvgIpc) is 2.78. The average molecular weight is 272 g/mol. The molecule has 0 saturated heterocycles. The van der Waals surface area contributed by atoms with Gasteiger partial charge in [0.25, 0.3) is 0 Å². The molecule has 19 heavy (non-hydrogen) atoms. The molecule has 0 fully saturated rings. The normalized spacial score (nSPS) is 11.4. The van der Waals surface area contributed by atoms with Crippen LogP contribution in [0.25, 0.3) is 11.4 Å². The number of carbonyl (C=O) groups is 1. The van der Waals surface area contributed by atoms with E-state index in [0.29, 0.717) is 0 Å². The van der Waals surface area contributed by atoms with Crippen LogP contribution in [-0.4, -0.2) is 21.0 Å². The second-order valence-corrected chi connectivity index (χ2v) is 3.53. The Bertz CT molecular complexity index is 592. The summed E-state index contributed by atoms with van der Waals surface area (Å²) >= 11 is 0. The van der Waals surface area contributed by atoms with Crippen molar-refractivity contribution in [2.45, 2.75) is 13.1 Å². The van der Waals surface area contributed by atoms with Crippen LogP contribution < -0.4 is 5.32 Å². The Morgan fingerprint density at radius 1 is 1.37 bits per heavy atom. The lowest BCUT2D eigenvalue weighted by Gasteiger charge is -2.00. The Morgan fingerprint density at radius 3 is 2.58 bits per heavy atom. The second-order valence-electron chi connectivity index (χ2n) is 3.53. The van der Waals surface area contributed by atoms with Crippen molar-refractivity contribution in [1.29, 1.82) is 0 Å². The number of pyridine rings is 1. The fourth-order valence-electron chi connectivity index (χ4n) is 1.24. The number of aromatic nitrogens is 3. The lowest BCUT2D eigenvalue weighted by molar-refractivity contribution is -0.159. The summed E-state index contributed by atoms with van der Waals surface area (Å²) in [5, 5.41) is 5.63. The summed E-state index contributed by atoms with van der Waals surface area (Å²) in [6.45, 7) is 1.31. The molecule has 2 aromatic heterocycles. The Labute approximate surface area is 104 Å². The molecule has 9 heteroatoms. The fraction of sp³-hybridized carbons (Fsp3) is 0.200. The lowest BCUT2D eigenvalue weighted by atomic mass is 10.2. The molecule has 1 amide bonds. The molecule has 0 radical (unpaired) electrons. The Hall–Kier alpha value is -2.45. The highest BCUT2D eigenvalue weighted by Gasteiger charge is 2.38. The van der Waals surface area contributed by atoms with E-state index in [-0.39, 0.29) is 23.1 Å². The van der Waals surface area contributed by atoms with Crippen molar-refractivity contribution in [3.05, 3.63) is 24.2 Å². The van der Waals surface area contributed by atoms with Crippen molar-refractivity contribution in [2.75, 3.05) is 5.32 Å². The van der Waals surface area contributed by atoms with Crippen molar-refractivity contribution in [3.8, 4) is 11.4 Å². The van der Waals surface area contributed by atoms with E-state index in [1.165, 1.54) is 25.3 Å². The monoisotopic (exact) mass is 272 g/mol. The summed E-state index contributed by atoms with van der Waals surface area (Å²) < 4.78 is 40.9. The van der Waals surface area contributed by atoms with Gasteiger partial charge < -0.3 is 9.84 Å². The summed E-state index contributed by atoms with van der Waals surface area (Å²) in [4.78, 5) is 17.8. The minimum Gasteiger partial charge on any atom is -0.329 e. The number of halogens is 3. The maximum Gasteiger partial charge on any atom is 0.471 e. The van der Waals surface area contributed by atoms with Gasteiger partial charge in [0, 0.05) is 18.7 Å². The van der Waals surface area contributed by atoms with Crippen LogP contribution in [-0.2, 0) is 11.0 Å². The van der Waals surface area contributed by atoms with Gasteiger partial charge in [0.1, 0.15) is 5.82 Å². The zero-order valence-electron chi connectivity index (χ0n) is 9.52. The molecule has 0 unspecified atom stereocenters. The Morgan fingerprint density at radius 2 is 2.11 bits per heavy atom. The first-order chi connectivity index (χ1) is 8.86. The van der Waals surface area contributed by atoms with Crippen LogP contribution in [0, 0.1) is 0 Å². The van der Waals surface area contributed by atoms with Crippen molar-refractivity contribution < 1.29 is 22.5 Å². The smallest absolute Gasteiger partial charge is 0.329 e. The van der Waals surface area contributed by atoms with E-state index in [2.05, 4.69) is 25.0 Å². The molecular weight excluding hydrogens is 265 g/mol. The molecule has 0 aliphatic rings. The largest absolute Gasteiger partial charge is 0.471 e. The van der Waals surface area contributed by atoms with Crippen LogP contribution in [0.3, 0.4) is 0 Å². The van der Waals surface area contributed by atoms with E-state index < -0.39 is 12.1 Å². The van der Waals surface area contributed by atoms with E-state index in [0.717, 1.165) is 0 Å². The first-order valence-corrected chi connectivity index (χ1v) is 5.01. The molecule has 0 aliphatic carbocycles. The first-order valence-electron chi connectivity index (χ1n) is 5.01. The molecule has 0 saturated carbocycles. The minimum atomic E-state index is -4.69. The lowest BCUT2D eigenvalue weighted by Crippen LogP contribution is -2.07. The topological polar surface area (TPSA) is 80.9 Å². The van der Waals surface area contributed by atoms with Gasteiger partial charge >= 0.3 is 12.1 Å². The van der Waals surface area contributed by atoms with Crippen molar-refractivity contribution in [3.63, 3.8) is 0 Å². The number of nitrogens with one attached hydrogen (secondary N) is 1. The van der Waals surface area contributed by atoms with Gasteiger partial charge in [-0.25, -0.2) is 4.98 Å². The number of nitrogens with zero attached hydrogens (tertiary/aromatic N) is 3. The van der Waals surface area contributed by atoms with Crippen molar-refractivity contribution >= 4 is 11.7 Å². The zero-order chi connectivity index (χ0) is 14.0. The van der Waals surface area contributed by atoms with Crippen LogP contribution in [0.4, 0.5) is 19.0 Å².